The molecule has 4 N–H and O–H groups in total. The number of rotatable bonds is 9. The lowest BCUT2D eigenvalue weighted by molar-refractivity contribution is 0.0185. The zero-order chi connectivity index (χ0) is 23.2. The zero-order valence-corrected chi connectivity index (χ0v) is 18.7. The molecule has 3 aromatic rings. The second kappa shape index (κ2) is 10.6. The Morgan fingerprint density at radius 1 is 0.970 bits per heavy atom. The number of fused-ring (bicyclic) bond motifs is 3. The molecular weight excluding hydrogens is 416 g/mol. The number of carbonyl (C=O) groups excluding carboxylic acids is 1. The topological polar surface area (TPSA) is 90.8 Å². The van der Waals surface area contributed by atoms with Crippen LogP contribution in [0.5, 0.6) is 0 Å². The first-order valence-electron chi connectivity index (χ1n) is 11.3. The average Bonchev–Trinajstić information content (AvgIpc) is 3.18. The van der Waals surface area contributed by atoms with E-state index in [0.717, 1.165) is 34.4 Å². The SMILES string of the molecule is CCNCc1cccc(C(O)C(O)CNC(=O)OCC2c3ccccc3-c3ccccc32)c1. The molecule has 1 amide bonds. The van der Waals surface area contributed by atoms with Crippen LogP contribution in [0, 0.1) is 0 Å². The maximum atomic E-state index is 12.3. The van der Waals surface area contributed by atoms with Gasteiger partial charge >= 0.3 is 6.09 Å². The molecule has 0 spiro atoms. The van der Waals surface area contributed by atoms with Crippen molar-refractivity contribution in [2.24, 2.45) is 0 Å². The van der Waals surface area contributed by atoms with E-state index in [1.54, 1.807) is 6.07 Å². The third-order valence-corrected chi connectivity index (χ3v) is 6.04. The van der Waals surface area contributed by atoms with Crippen LogP contribution < -0.4 is 10.6 Å². The van der Waals surface area contributed by atoms with Crippen LogP contribution in [0.3, 0.4) is 0 Å². The van der Waals surface area contributed by atoms with E-state index in [1.165, 1.54) is 0 Å². The summed E-state index contributed by atoms with van der Waals surface area (Å²) in [5.41, 5.74) is 6.23. The molecule has 2 atom stereocenters. The molecule has 0 saturated heterocycles. The zero-order valence-electron chi connectivity index (χ0n) is 18.7. The first-order valence-corrected chi connectivity index (χ1v) is 11.3. The summed E-state index contributed by atoms with van der Waals surface area (Å²) in [4.78, 5) is 12.3. The van der Waals surface area contributed by atoms with E-state index in [9.17, 15) is 15.0 Å². The molecule has 0 bridgehead atoms. The molecule has 4 rings (SSSR count). The Balaban J connectivity index is 1.31. The standard InChI is InChI=1S/C27H30N2O4/c1-2-28-15-18-8-7-9-19(14-18)26(31)25(30)16-29-27(32)33-17-24-22-12-5-3-10-20(22)21-11-4-6-13-23(21)24/h3-14,24-26,28,30-31H,2,15-17H2,1H3,(H,29,32). The highest BCUT2D eigenvalue weighted by atomic mass is 16.5. The fraction of sp³-hybridized carbons (Fsp3) is 0.296. The van der Waals surface area contributed by atoms with Gasteiger partial charge in [0.2, 0.25) is 0 Å². The van der Waals surface area contributed by atoms with E-state index in [0.29, 0.717) is 12.1 Å². The summed E-state index contributed by atoms with van der Waals surface area (Å²) in [6.45, 7) is 3.64. The van der Waals surface area contributed by atoms with E-state index in [4.69, 9.17) is 4.74 Å². The highest BCUT2D eigenvalue weighted by Gasteiger charge is 2.29. The number of carbonyl (C=O) groups is 1. The Morgan fingerprint density at radius 2 is 1.64 bits per heavy atom. The smallest absolute Gasteiger partial charge is 0.407 e. The fourth-order valence-corrected chi connectivity index (χ4v) is 4.33. The monoisotopic (exact) mass is 446 g/mol. The number of aliphatic hydroxyl groups excluding tert-OH is 2. The highest BCUT2D eigenvalue weighted by molar-refractivity contribution is 5.79. The number of hydrogen-bond donors (Lipinski definition) is 4. The van der Waals surface area contributed by atoms with Crippen LogP contribution in [0.25, 0.3) is 11.1 Å². The number of hydrogen-bond acceptors (Lipinski definition) is 5. The van der Waals surface area contributed by atoms with E-state index < -0.39 is 18.3 Å². The number of amides is 1. The van der Waals surface area contributed by atoms with Crippen molar-refractivity contribution in [3.8, 4) is 11.1 Å². The highest BCUT2D eigenvalue weighted by Crippen LogP contribution is 2.44. The van der Waals surface area contributed by atoms with Crippen molar-refractivity contribution in [2.45, 2.75) is 31.6 Å². The van der Waals surface area contributed by atoms with Gasteiger partial charge in [0.1, 0.15) is 18.8 Å². The van der Waals surface area contributed by atoms with Gasteiger partial charge in [0.25, 0.3) is 0 Å². The third kappa shape index (κ3) is 5.25. The second-order valence-corrected chi connectivity index (χ2v) is 8.24. The summed E-state index contributed by atoms with van der Waals surface area (Å²) in [6.07, 6.45) is -2.88. The summed E-state index contributed by atoms with van der Waals surface area (Å²) in [7, 11) is 0. The maximum absolute atomic E-state index is 12.3. The van der Waals surface area contributed by atoms with Gasteiger partial charge in [0.05, 0.1) is 0 Å². The molecule has 0 fully saturated rings. The quantitative estimate of drug-likeness (QED) is 0.402. The number of aliphatic hydroxyl groups is 2. The van der Waals surface area contributed by atoms with Gasteiger partial charge in [-0.25, -0.2) is 4.79 Å². The van der Waals surface area contributed by atoms with E-state index in [-0.39, 0.29) is 19.1 Å². The van der Waals surface area contributed by atoms with Gasteiger partial charge in [-0.15, -0.1) is 0 Å². The Labute approximate surface area is 194 Å². The van der Waals surface area contributed by atoms with E-state index in [2.05, 4.69) is 34.9 Å². The first kappa shape index (κ1) is 23.0. The number of nitrogens with one attached hydrogen (secondary N) is 2. The molecule has 1 aliphatic carbocycles. The predicted molar refractivity (Wildman–Crippen MR) is 128 cm³/mol. The molecule has 3 aromatic carbocycles. The van der Waals surface area contributed by atoms with Gasteiger partial charge in [-0.05, 0) is 39.9 Å². The summed E-state index contributed by atoms with van der Waals surface area (Å²) in [5, 5.41) is 26.7. The van der Waals surface area contributed by atoms with Gasteiger partial charge in [-0.3, -0.25) is 0 Å². The van der Waals surface area contributed by atoms with Crippen molar-refractivity contribution >= 4 is 6.09 Å². The Hall–Kier alpha value is -3.19. The molecule has 0 aromatic heterocycles. The van der Waals surface area contributed by atoms with Crippen LogP contribution in [0.15, 0.2) is 72.8 Å². The lowest BCUT2D eigenvalue weighted by Crippen LogP contribution is -2.36. The van der Waals surface area contributed by atoms with Crippen molar-refractivity contribution < 1.29 is 19.7 Å². The fourth-order valence-electron chi connectivity index (χ4n) is 4.33. The van der Waals surface area contributed by atoms with Crippen LogP contribution in [0.2, 0.25) is 0 Å². The number of benzene rings is 3. The number of ether oxygens (including phenoxy) is 1. The molecule has 0 radical (unpaired) electrons. The summed E-state index contributed by atoms with van der Waals surface area (Å²) in [6, 6.07) is 23.7. The minimum absolute atomic E-state index is 0.0295. The molecule has 1 aliphatic rings. The predicted octanol–water partition coefficient (Wildman–Crippen LogP) is 3.73. The van der Waals surface area contributed by atoms with Gasteiger partial charge in [-0.1, -0.05) is 79.7 Å². The molecular formula is C27H30N2O4. The second-order valence-electron chi connectivity index (χ2n) is 8.24. The largest absolute Gasteiger partial charge is 0.449 e. The summed E-state index contributed by atoms with van der Waals surface area (Å²) >= 11 is 0. The van der Waals surface area contributed by atoms with E-state index >= 15 is 0 Å². The summed E-state index contributed by atoms with van der Waals surface area (Å²) in [5.74, 6) is -0.0295. The first-order chi connectivity index (χ1) is 16.1. The lowest BCUT2D eigenvalue weighted by Gasteiger charge is -2.20. The Kier molecular flexibility index (Phi) is 7.40. The third-order valence-electron chi connectivity index (χ3n) is 6.04. The minimum Gasteiger partial charge on any atom is -0.449 e. The van der Waals surface area contributed by atoms with Gasteiger partial charge in [0, 0.05) is 19.0 Å². The van der Waals surface area contributed by atoms with Crippen molar-refractivity contribution in [1.82, 2.24) is 10.6 Å². The van der Waals surface area contributed by atoms with Crippen LogP contribution >= 0.6 is 0 Å². The lowest BCUT2D eigenvalue weighted by atomic mass is 9.98. The molecule has 33 heavy (non-hydrogen) atoms. The molecule has 0 saturated carbocycles. The van der Waals surface area contributed by atoms with Crippen LogP contribution in [0.1, 0.15) is 41.2 Å². The average molecular weight is 447 g/mol. The summed E-state index contributed by atoms with van der Waals surface area (Å²) < 4.78 is 5.49. The van der Waals surface area contributed by atoms with Gasteiger partial charge in [-0.2, -0.15) is 0 Å². The molecule has 6 nitrogen and oxygen atoms in total. The van der Waals surface area contributed by atoms with E-state index in [1.807, 2.05) is 49.4 Å². The molecule has 0 aliphatic heterocycles. The van der Waals surface area contributed by atoms with Gasteiger partial charge in [0.15, 0.2) is 0 Å². The van der Waals surface area contributed by atoms with Crippen LogP contribution in [0.4, 0.5) is 4.79 Å². The molecule has 6 heteroatoms. The van der Waals surface area contributed by atoms with Crippen molar-refractivity contribution in [3.05, 3.63) is 95.1 Å². The van der Waals surface area contributed by atoms with Crippen LogP contribution in [-0.4, -0.2) is 42.1 Å². The minimum atomic E-state index is -1.15. The maximum Gasteiger partial charge on any atom is 0.407 e. The van der Waals surface area contributed by atoms with Gasteiger partial charge < -0.3 is 25.6 Å². The Bertz CT molecular complexity index is 1060. The normalized spacial score (nSPS) is 14.3. The van der Waals surface area contributed by atoms with Crippen molar-refractivity contribution in [1.29, 1.82) is 0 Å². The molecule has 172 valence electrons. The van der Waals surface area contributed by atoms with Crippen molar-refractivity contribution in [2.75, 3.05) is 19.7 Å². The Morgan fingerprint density at radius 3 is 2.30 bits per heavy atom. The van der Waals surface area contributed by atoms with Crippen LogP contribution in [-0.2, 0) is 11.3 Å². The molecule has 0 heterocycles. The molecule has 2 unspecified atom stereocenters. The number of alkyl carbamates (subject to hydrolysis) is 1. The van der Waals surface area contributed by atoms with Crippen molar-refractivity contribution in [3.63, 3.8) is 0 Å².